The van der Waals surface area contributed by atoms with Gasteiger partial charge in [0.15, 0.2) is 12.6 Å². The highest BCUT2D eigenvalue weighted by Crippen LogP contribution is 2.32. The van der Waals surface area contributed by atoms with Crippen LogP contribution in [0.2, 0.25) is 0 Å². The third kappa shape index (κ3) is 2.65. The number of aliphatic hydroxyl groups is 6. The van der Waals surface area contributed by atoms with Crippen molar-refractivity contribution in [1.82, 2.24) is 0 Å². The topological polar surface area (TPSA) is 158 Å². The van der Waals surface area contributed by atoms with Crippen LogP contribution in [-0.2, 0) is 18.9 Å². The molecule has 3 saturated heterocycles. The summed E-state index contributed by atoms with van der Waals surface area (Å²) in [5, 5.41) is 58.3. The van der Waals surface area contributed by atoms with Crippen LogP contribution in [0.1, 0.15) is 0 Å². The van der Waals surface area contributed by atoms with Crippen LogP contribution in [0.15, 0.2) is 0 Å². The molecule has 10 heteroatoms. The summed E-state index contributed by atoms with van der Waals surface area (Å²) in [6.07, 6.45) is -12.5. The van der Waals surface area contributed by atoms with Gasteiger partial charge in [0.1, 0.15) is 48.8 Å². The van der Waals surface area contributed by atoms with Gasteiger partial charge in [0, 0.05) is 0 Å². The summed E-state index contributed by atoms with van der Waals surface area (Å²) in [5.74, 6) is 0. The highest BCUT2D eigenvalue weighted by atomic mass is 16.8. The van der Waals surface area contributed by atoms with E-state index in [-0.39, 0.29) is 6.61 Å². The molecular weight excluding hydrogens is 304 g/mol. The van der Waals surface area contributed by atoms with Gasteiger partial charge < -0.3 is 49.6 Å². The summed E-state index contributed by atoms with van der Waals surface area (Å²) in [6.45, 7) is -0.507. The monoisotopic (exact) mass is 324 g/mol. The van der Waals surface area contributed by atoms with Gasteiger partial charge in [0.2, 0.25) is 0 Å². The van der Waals surface area contributed by atoms with Crippen LogP contribution < -0.4 is 0 Å². The van der Waals surface area contributed by atoms with Gasteiger partial charge in [-0.15, -0.1) is 0 Å². The Morgan fingerprint density at radius 1 is 0.864 bits per heavy atom. The Labute approximate surface area is 125 Å². The number of ether oxygens (including phenoxy) is 4. The molecule has 3 fully saturated rings. The molecule has 3 aliphatic rings. The average molecular weight is 324 g/mol. The third-order valence-corrected chi connectivity index (χ3v) is 4.21. The van der Waals surface area contributed by atoms with Crippen LogP contribution in [-0.4, -0.2) is 105 Å². The fourth-order valence-corrected chi connectivity index (χ4v) is 2.87. The van der Waals surface area contributed by atoms with E-state index in [9.17, 15) is 25.5 Å². The van der Waals surface area contributed by atoms with Crippen molar-refractivity contribution >= 4 is 0 Å². The number of rotatable bonds is 3. The largest absolute Gasteiger partial charge is 0.394 e. The molecule has 0 amide bonds. The molecule has 0 saturated carbocycles. The van der Waals surface area contributed by atoms with Crippen LogP contribution in [0, 0.1) is 0 Å². The molecule has 0 spiro atoms. The lowest BCUT2D eigenvalue weighted by Crippen LogP contribution is -2.62. The summed E-state index contributed by atoms with van der Waals surface area (Å²) >= 11 is 0. The van der Waals surface area contributed by atoms with Gasteiger partial charge in [0.05, 0.1) is 13.2 Å². The molecule has 128 valence electrons. The lowest BCUT2D eigenvalue weighted by atomic mass is 9.98. The molecule has 0 aromatic carbocycles. The maximum Gasteiger partial charge on any atom is 0.187 e. The smallest absolute Gasteiger partial charge is 0.187 e. The van der Waals surface area contributed by atoms with E-state index in [4.69, 9.17) is 24.1 Å². The molecular formula is C12H20O10. The highest BCUT2D eigenvalue weighted by molar-refractivity contribution is 4.96. The van der Waals surface area contributed by atoms with E-state index in [0.29, 0.717) is 0 Å². The van der Waals surface area contributed by atoms with Crippen molar-refractivity contribution in [2.24, 2.45) is 0 Å². The first kappa shape index (κ1) is 16.5. The molecule has 3 aliphatic heterocycles. The fourth-order valence-electron chi connectivity index (χ4n) is 2.87. The lowest BCUT2D eigenvalue weighted by Gasteiger charge is -2.43. The maximum absolute atomic E-state index is 10.0. The van der Waals surface area contributed by atoms with Gasteiger partial charge in [-0.25, -0.2) is 0 Å². The molecule has 3 rings (SSSR count). The van der Waals surface area contributed by atoms with Crippen LogP contribution in [0.3, 0.4) is 0 Å². The standard InChI is InChI=1S/C12H20O10/c13-1-3-5(14)6(15)8(17)12(20-3)22-10-4-2-19-11(21-4)9(18)7(10)16/h3-18H,1-2H2. The molecule has 0 aromatic rings. The van der Waals surface area contributed by atoms with E-state index in [1.54, 1.807) is 0 Å². The summed E-state index contributed by atoms with van der Waals surface area (Å²) in [6, 6.07) is 0. The Kier molecular flexibility index (Phi) is 4.67. The summed E-state index contributed by atoms with van der Waals surface area (Å²) in [4.78, 5) is 0. The van der Waals surface area contributed by atoms with Gasteiger partial charge in [0.25, 0.3) is 0 Å². The van der Waals surface area contributed by atoms with Crippen LogP contribution in [0.25, 0.3) is 0 Å². The Morgan fingerprint density at radius 3 is 2.27 bits per heavy atom. The van der Waals surface area contributed by atoms with Gasteiger partial charge in [-0.2, -0.15) is 0 Å². The molecule has 6 N–H and O–H groups in total. The van der Waals surface area contributed by atoms with Crippen molar-refractivity contribution < 1.29 is 49.6 Å². The Bertz CT molecular complexity index is 392. The van der Waals surface area contributed by atoms with Gasteiger partial charge in [-0.3, -0.25) is 0 Å². The van der Waals surface area contributed by atoms with Gasteiger partial charge in [-0.05, 0) is 0 Å². The van der Waals surface area contributed by atoms with E-state index < -0.39 is 68.0 Å². The SMILES string of the molecule is OCC1OC(OC2C3COC(O3)C(O)C2O)C(O)C(O)C1O. The van der Waals surface area contributed by atoms with Crippen molar-refractivity contribution in [3.05, 3.63) is 0 Å². The van der Waals surface area contributed by atoms with E-state index in [0.717, 1.165) is 0 Å². The zero-order chi connectivity index (χ0) is 16.0. The quantitative estimate of drug-likeness (QED) is 0.299. The third-order valence-electron chi connectivity index (χ3n) is 4.21. The predicted molar refractivity (Wildman–Crippen MR) is 65.3 cm³/mol. The van der Waals surface area contributed by atoms with Crippen LogP contribution in [0.4, 0.5) is 0 Å². The van der Waals surface area contributed by atoms with Crippen LogP contribution in [0.5, 0.6) is 0 Å². The van der Waals surface area contributed by atoms with Crippen molar-refractivity contribution in [2.75, 3.05) is 13.2 Å². The second-order valence-corrected chi connectivity index (χ2v) is 5.66. The van der Waals surface area contributed by atoms with Crippen molar-refractivity contribution in [3.63, 3.8) is 0 Å². The van der Waals surface area contributed by atoms with E-state index in [1.165, 1.54) is 0 Å². The van der Waals surface area contributed by atoms with E-state index in [2.05, 4.69) is 0 Å². The number of hydrogen-bond acceptors (Lipinski definition) is 10. The summed E-state index contributed by atoms with van der Waals surface area (Å²) in [7, 11) is 0. The molecule has 2 bridgehead atoms. The van der Waals surface area contributed by atoms with E-state index in [1.807, 2.05) is 0 Å². The fraction of sp³-hybridized carbons (Fsp3) is 1.00. The lowest BCUT2D eigenvalue weighted by molar-refractivity contribution is -0.337. The van der Waals surface area contributed by atoms with Crippen molar-refractivity contribution in [1.29, 1.82) is 0 Å². The second-order valence-electron chi connectivity index (χ2n) is 5.66. The number of fused-ring (bicyclic) bond motifs is 2. The Morgan fingerprint density at radius 2 is 1.59 bits per heavy atom. The predicted octanol–water partition coefficient (Wildman–Crippen LogP) is -4.35. The molecule has 10 unspecified atom stereocenters. The number of hydrogen-bond donors (Lipinski definition) is 6. The summed E-state index contributed by atoms with van der Waals surface area (Å²) in [5.41, 5.74) is 0. The maximum atomic E-state index is 10.0. The molecule has 0 aromatic heterocycles. The second kappa shape index (κ2) is 6.24. The molecule has 0 aliphatic carbocycles. The minimum Gasteiger partial charge on any atom is -0.394 e. The zero-order valence-corrected chi connectivity index (χ0v) is 11.5. The first-order valence-corrected chi connectivity index (χ1v) is 7.03. The first-order valence-electron chi connectivity index (χ1n) is 7.03. The Hall–Kier alpha value is -0.400. The molecule has 3 heterocycles. The highest BCUT2D eigenvalue weighted by Gasteiger charge is 2.53. The molecule has 10 atom stereocenters. The Balaban J connectivity index is 1.71. The van der Waals surface area contributed by atoms with Crippen molar-refractivity contribution in [2.45, 2.75) is 61.4 Å². The molecule has 22 heavy (non-hydrogen) atoms. The van der Waals surface area contributed by atoms with Gasteiger partial charge >= 0.3 is 0 Å². The summed E-state index contributed by atoms with van der Waals surface area (Å²) < 4.78 is 21.1. The number of aliphatic hydroxyl groups excluding tert-OH is 6. The molecule has 10 nitrogen and oxygen atoms in total. The molecule has 0 radical (unpaired) electrons. The normalized spacial score (nSPS) is 55.4. The zero-order valence-electron chi connectivity index (χ0n) is 11.5. The minimum absolute atomic E-state index is 0.0842. The van der Waals surface area contributed by atoms with Gasteiger partial charge in [-0.1, -0.05) is 0 Å². The van der Waals surface area contributed by atoms with E-state index >= 15 is 0 Å². The van der Waals surface area contributed by atoms with Crippen LogP contribution >= 0.6 is 0 Å². The average Bonchev–Trinajstić information content (AvgIpc) is 2.96. The van der Waals surface area contributed by atoms with Crippen molar-refractivity contribution in [3.8, 4) is 0 Å². The first-order chi connectivity index (χ1) is 10.4. The minimum atomic E-state index is -1.60.